The highest BCUT2D eigenvalue weighted by Gasteiger charge is 2.13. The normalized spacial score (nSPS) is 14.0. The van der Waals surface area contributed by atoms with E-state index in [-0.39, 0.29) is 22.4 Å². The summed E-state index contributed by atoms with van der Waals surface area (Å²) in [6.07, 6.45) is 4.91. The number of halogens is 3. The summed E-state index contributed by atoms with van der Waals surface area (Å²) in [7, 11) is 0. The summed E-state index contributed by atoms with van der Waals surface area (Å²) in [5, 5.41) is 11.5. The average molecular weight is 489 g/mol. The summed E-state index contributed by atoms with van der Waals surface area (Å²) < 4.78 is 18.6. The van der Waals surface area contributed by atoms with Gasteiger partial charge in [-0.25, -0.2) is 4.39 Å². The van der Waals surface area contributed by atoms with E-state index in [1.165, 1.54) is 25.7 Å². The molecule has 172 valence electrons. The maximum absolute atomic E-state index is 13.3. The third kappa shape index (κ3) is 6.12. The van der Waals surface area contributed by atoms with E-state index in [0.29, 0.717) is 5.69 Å². The number of amides is 1. The first-order valence-corrected chi connectivity index (χ1v) is 11.5. The second-order valence-corrected chi connectivity index (χ2v) is 8.61. The van der Waals surface area contributed by atoms with Gasteiger partial charge in [-0.1, -0.05) is 48.2 Å². The van der Waals surface area contributed by atoms with Crippen molar-refractivity contribution in [2.45, 2.75) is 25.7 Å². The van der Waals surface area contributed by atoms with Gasteiger partial charge in [0.15, 0.2) is 18.2 Å². The van der Waals surface area contributed by atoms with Crippen LogP contribution < -0.4 is 15.0 Å². The molecule has 6 nitrogen and oxygen atoms in total. The third-order valence-electron chi connectivity index (χ3n) is 5.36. The monoisotopic (exact) mass is 488 g/mol. The van der Waals surface area contributed by atoms with Crippen LogP contribution in [-0.4, -0.2) is 35.8 Å². The number of anilines is 2. The van der Waals surface area contributed by atoms with Crippen LogP contribution in [-0.2, 0) is 4.79 Å². The first-order valence-electron chi connectivity index (χ1n) is 10.8. The predicted octanol–water partition coefficient (Wildman–Crippen LogP) is 5.99. The van der Waals surface area contributed by atoms with E-state index >= 15 is 0 Å². The molecule has 0 unspecified atom stereocenters. The molecular weight excluding hydrogens is 466 g/mol. The van der Waals surface area contributed by atoms with Gasteiger partial charge in [0.05, 0.1) is 15.7 Å². The molecule has 1 aliphatic heterocycles. The van der Waals surface area contributed by atoms with E-state index in [0.717, 1.165) is 42.3 Å². The molecule has 1 aromatic heterocycles. The molecule has 0 aliphatic carbocycles. The molecular formula is C24H23Cl2FN4O2. The number of hydrogen-bond donors (Lipinski definition) is 1. The van der Waals surface area contributed by atoms with E-state index in [2.05, 4.69) is 20.4 Å². The zero-order valence-electron chi connectivity index (χ0n) is 17.9. The number of aromatic nitrogens is 2. The highest BCUT2D eigenvalue weighted by molar-refractivity contribution is 6.37. The van der Waals surface area contributed by atoms with Crippen LogP contribution in [0.25, 0.3) is 11.3 Å². The van der Waals surface area contributed by atoms with E-state index < -0.39 is 11.7 Å². The number of carbonyl (C=O) groups excluding carboxylic acids is 1. The van der Waals surface area contributed by atoms with Gasteiger partial charge >= 0.3 is 0 Å². The molecule has 1 fully saturated rings. The minimum Gasteiger partial charge on any atom is -0.481 e. The van der Waals surface area contributed by atoms with Crippen molar-refractivity contribution in [1.82, 2.24) is 10.2 Å². The first-order chi connectivity index (χ1) is 16.0. The highest BCUT2D eigenvalue weighted by atomic mass is 35.5. The lowest BCUT2D eigenvalue weighted by Gasteiger charge is -2.20. The second kappa shape index (κ2) is 10.8. The quantitative estimate of drug-likeness (QED) is 0.461. The van der Waals surface area contributed by atoms with Crippen molar-refractivity contribution in [2.24, 2.45) is 0 Å². The third-order valence-corrected chi connectivity index (χ3v) is 5.92. The van der Waals surface area contributed by atoms with Crippen molar-refractivity contribution >= 4 is 40.6 Å². The summed E-state index contributed by atoms with van der Waals surface area (Å²) in [6.45, 7) is 1.72. The van der Waals surface area contributed by atoms with Crippen LogP contribution >= 0.6 is 23.2 Å². The minimum absolute atomic E-state index is 0.000114. The molecule has 0 bridgehead atoms. The van der Waals surface area contributed by atoms with Gasteiger partial charge in [0, 0.05) is 24.3 Å². The van der Waals surface area contributed by atoms with Crippen LogP contribution in [0.2, 0.25) is 10.0 Å². The Labute approximate surface area is 201 Å². The Kier molecular flexibility index (Phi) is 7.62. The Hall–Kier alpha value is -2.90. The molecule has 1 aliphatic rings. The van der Waals surface area contributed by atoms with Crippen LogP contribution in [0.4, 0.5) is 15.9 Å². The molecule has 3 aromatic rings. The Morgan fingerprint density at radius 2 is 1.64 bits per heavy atom. The van der Waals surface area contributed by atoms with Crippen LogP contribution in [0.5, 0.6) is 5.75 Å². The summed E-state index contributed by atoms with van der Waals surface area (Å²) in [6, 6.07) is 13.4. The van der Waals surface area contributed by atoms with Crippen molar-refractivity contribution in [3.05, 3.63) is 64.4 Å². The SMILES string of the molecule is O=C(COc1c(Cl)cc(F)cc1Cl)Nc1ccc(-c2ccc(N3CCCCCC3)nn2)cc1. The molecule has 1 amide bonds. The number of rotatable bonds is 6. The van der Waals surface area contributed by atoms with Gasteiger partial charge in [-0.15, -0.1) is 10.2 Å². The number of hydrogen-bond acceptors (Lipinski definition) is 5. The van der Waals surface area contributed by atoms with Gasteiger partial charge in [-0.3, -0.25) is 4.79 Å². The van der Waals surface area contributed by atoms with Crippen LogP contribution in [0.15, 0.2) is 48.5 Å². The number of ether oxygens (including phenoxy) is 1. The highest BCUT2D eigenvalue weighted by Crippen LogP contribution is 2.33. The van der Waals surface area contributed by atoms with Crippen molar-refractivity contribution in [2.75, 3.05) is 29.9 Å². The lowest BCUT2D eigenvalue weighted by atomic mass is 10.1. The van der Waals surface area contributed by atoms with Gasteiger partial charge < -0.3 is 15.0 Å². The molecule has 9 heteroatoms. The summed E-state index contributed by atoms with van der Waals surface area (Å²) >= 11 is 11.8. The van der Waals surface area contributed by atoms with Gasteiger partial charge in [0.2, 0.25) is 0 Å². The lowest BCUT2D eigenvalue weighted by Crippen LogP contribution is -2.25. The molecule has 2 heterocycles. The maximum Gasteiger partial charge on any atom is 0.262 e. The minimum atomic E-state index is -0.580. The maximum atomic E-state index is 13.3. The molecule has 1 saturated heterocycles. The fraction of sp³-hybridized carbons (Fsp3) is 0.292. The van der Waals surface area contributed by atoms with Crippen LogP contribution in [0.1, 0.15) is 25.7 Å². The standard InChI is InChI=1S/C24H23Cl2FN4O2/c25-19-13-17(27)14-20(26)24(19)33-15-23(32)28-18-7-5-16(6-8-18)21-9-10-22(30-29-21)31-11-3-1-2-4-12-31/h5-10,13-14H,1-4,11-12,15H2,(H,28,32). The second-order valence-electron chi connectivity index (χ2n) is 7.79. The van der Waals surface area contributed by atoms with Crippen LogP contribution in [0.3, 0.4) is 0 Å². The zero-order chi connectivity index (χ0) is 23.2. The Bertz CT molecular complexity index is 1080. The van der Waals surface area contributed by atoms with Gasteiger partial charge in [-0.05, 0) is 49.2 Å². The molecule has 2 aromatic carbocycles. The van der Waals surface area contributed by atoms with Crippen molar-refractivity contribution in [3.8, 4) is 17.0 Å². The van der Waals surface area contributed by atoms with Crippen molar-refractivity contribution in [3.63, 3.8) is 0 Å². The topological polar surface area (TPSA) is 67.3 Å². The largest absolute Gasteiger partial charge is 0.481 e. The summed E-state index contributed by atoms with van der Waals surface area (Å²) in [5.41, 5.74) is 2.25. The fourth-order valence-electron chi connectivity index (χ4n) is 3.67. The van der Waals surface area contributed by atoms with Crippen molar-refractivity contribution in [1.29, 1.82) is 0 Å². The molecule has 0 atom stereocenters. The molecule has 4 rings (SSSR count). The van der Waals surface area contributed by atoms with Crippen LogP contribution in [0, 0.1) is 5.82 Å². The van der Waals surface area contributed by atoms with Gasteiger partial charge in [0.25, 0.3) is 5.91 Å². The number of nitrogens with one attached hydrogen (secondary N) is 1. The van der Waals surface area contributed by atoms with E-state index in [1.54, 1.807) is 12.1 Å². The smallest absolute Gasteiger partial charge is 0.262 e. The average Bonchev–Trinajstić information content (AvgIpc) is 3.09. The Morgan fingerprint density at radius 3 is 2.24 bits per heavy atom. The predicted molar refractivity (Wildman–Crippen MR) is 129 cm³/mol. The first kappa shape index (κ1) is 23.3. The number of nitrogens with zero attached hydrogens (tertiary/aromatic N) is 3. The molecule has 0 spiro atoms. The fourth-order valence-corrected chi connectivity index (χ4v) is 4.24. The Balaban J connectivity index is 1.34. The summed E-state index contributed by atoms with van der Waals surface area (Å²) in [4.78, 5) is 14.5. The van der Waals surface area contributed by atoms with Gasteiger partial charge in [-0.2, -0.15) is 0 Å². The van der Waals surface area contributed by atoms with E-state index in [4.69, 9.17) is 27.9 Å². The molecule has 0 radical (unpaired) electrons. The van der Waals surface area contributed by atoms with Crippen molar-refractivity contribution < 1.29 is 13.9 Å². The number of benzene rings is 2. The van der Waals surface area contributed by atoms with Gasteiger partial charge in [0.1, 0.15) is 5.82 Å². The number of carbonyl (C=O) groups is 1. The van der Waals surface area contributed by atoms with E-state index in [9.17, 15) is 9.18 Å². The lowest BCUT2D eigenvalue weighted by molar-refractivity contribution is -0.118. The zero-order valence-corrected chi connectivity index (χ0v) is 19.4. The molecule has 0 saturated carbocycles. The summed E-state index contributed by atoms with van der Waals surface area (Å²) in [5.74, 6) is -0.0118. The van der Waals surface area contributed by atoms with E-state index in [1.807, 2.05) is 24.3 Å². The molecule has 33 heavy (non-hydrogen) atoms. The Morgan fingerprint density at radius 1 is 0.970 bits per heavy atom. The molecule has 1 N–H and O–H groups in total.